The number of pyridine rings is 1. The van der Waals surface area contributed by atoms with E-state index in [0.717, 1.165) is 16.7 Å². The van der Waals surface area contributed by atoms with E-state index in [1.165, 1.54) is 13.0 Å². The van der Waals surface area contributed by atoms with Gasteiger partial charge in [-0.1, -0.05) is 30.3 Å². The van der Waals surface area contributed by atoms with Crippen LogP contribution in [0.1, 0.15) is 18.1 Å². The number of carbonyl (C=O) groups is 2. The predicted octanol–water partition coefficient (Wildman–Crippen LogP) is -0.602. The van der Waals surface area contributed by atoms with Crippen LogP contribution in [-0.4, -0.2) is 18.7 Å². The van der Waals surface area contributed by atoms with Gasteiger partial charge in [0.2, 0.25) is 12.5 Å². The van der Waals surface area contributed by atoms with Crippen molar-refractivity contribution in [2.45, 2.75) is 13.5 Å². The number of halogens is 2. The largest absolute Gasteiger partial charge is 1.00 e. The van der Waals surface area contributed by atoms with Gasteiger partial charge in [-0.2, -0.15) is 4.57 Å². The average Bonchev–Trinajstić information content (AvgIpc) is 2.55. The highest BCUT2D eigenvalue weighted by Gasteiger charge is 2.16. The van der Waals surface area contributed by atoms with Crippen molar-refractivity contribution in [3.8, 4) is 0 Å². The van der Waals surface area contributed by atoms with E-state index in [0.29, 0.717) is 5.15 Å². The number of ketones is 1. The Balaban J connectivity index is 0.00000288. The molecule has 126 valence electrons. The molecule has 0 spiro atoms. The lowest BCUT2D eigenvalue weighted by Gasteiger charge is -2.08. The van der Waals surface area contributed by atoms with Crippen LogP contribution in [0.3, 0.4) is 0 Å². The summed E-state index contributed by atoms with van der Waals surface area (Å²) in [5.41, 5.74) is 2.48. The second-order valence-corrected chi connectivity index (χ2v) is 5.50. The fourth-order valence-electron chi connectivity index (χ4n) is 2.20. The third-order valence-electron chi connectivity index (χ3n) is 3.28. The van der Waals surface area contributed by atoms with E-state index in [4.69, 9.17) is 11.6 Å². The van der Waals surface area contributed by atoms with E-state index < -0.39 is 0 Å². The predicted molar refractivity (Wildman–Crippen MR) is 89.9 cm³/mol. The summed E-state index contributed by atoms with van der Waals surface area (Å²) in [7, 11) is 1.58. The van der Waals surface area contributed by atoms with E-state index in [1.807, 2.05) is 36.4 Å². The summed E-state index contributed by atoms with van der Waals surface area (Å²) in [5.74, 6) is -0.192. The van der Waals surface area contributed by atoms with Crippen molar-refractivity contribution in [3.63, 3.8) is 0 Å². The lowest BCUT2D eigenvalue weighted by molar-refractivity contribution is -0.682. The molecule has 0 atom stereocenters. The second-order valence-electron chi connectivity index (χ2n) is 5.11. The number of amides is 1. The summed E-state index contributed by atoms with van der Waals surface area (Å²) in [6.07, 6.45) is 3.32. The highest BCUT2D eigenvalue weighted by Crippen LogP contribution is 2.23. The van der Waals surface area contributed by atoms with Gasteiger partial charge in [0.25, 0.3) is 5.15 Å². The first kappa shape index (κ1) is 20.3. The van der Waals surface area contributed by atoms with Gasteiger partial charge in [-0.05, 0) is 23.2 Å². The highest BCUT2D eigenvalue weighted by molar-refractivity contribution is 6.28. The lowest BCUT2D eigenvalue weighted by Crippen LogP contribution is -3.00. The van der Waals surface area contributed by atoms with Crippen molar-refractivity contribution in [2.75, 3.05) is 7.05 Å². The smallest absolute Gasteiger partial charge is 0.275 e. The molecule has 0 fully saturated rings. The number of carbonyl (C=O) groups excluding carboxylic acids is 2. The van der Waals surface area contributed by atoms with Crippen LogP contribution in [0.4, 0.5) is 0 Å². The summed E-state index contributed by atoms with van der Waals surface area (Å²) in [5, 5.41) is 3.06. The molecule has 1 amide bonds. The van der Waals surface area contributed by atoms with Gasteiger partial charge in [0.15, 0.2) is 12.0 Å². The molecule has 0 bridgehead atoms. The Morgan fingerprint density at radius 2 is 1.79 bits per heavy atom. The van der Waals surface area contributed by atoms with Crippen LogP contribution in [0.25, 0.3) is 5.57 Å². The van der Waals surface area contributed by atoms with Crippen LogP contribution in [0.2, 0.25) is 5.15 Å². The van der Waals surface area contributed by atoms with Gasteiger partial charge in [-0.3, -0.25) is 9.59 Å². The number of Topliss-reactive ketones (excluding diaryl/α,β-unsaturated/α-hetero) is 1. The SMILES string of the molecule is CNC(=O)/C=C(/c1ccccc1)c1ccc(Cl)[n+](CC(C)=O)c1.[I-]. The Hall–Kier alpha value is -1.73. The number of hydrogen-bond acceptors (Lipinski definition) is 2. The van der Waals surface area contributed by atoms with Crippen LogP contribution in [0.15, 0.2) is 54.7 Å². The Labute approximate surface area is 163 Å². The van der Waals surface area contributed by atoms with Crippen molar-refractivity contribution in [1.82, 2.24) is 5.32 Å². The minimum atomic E-state index is -0.197. The van der Waals surface area contributed by atoms with Crippen molar-refractivity contribution in [1.29, 1.82) is 0 Å². The third-order valence-corrected chi connectivity index (χ3v) is 3.62. The zero-order valence-corrected chi connectivity index (χ0v) is 16.3. The number of likely N-dealkylation sites (N-methyl/N-ethyl adjacent to an activating group) is 1. The Kier molecular flexibility index (Phi) is 8.07. The number of aromatic nitrogens is 1. The molecule has 0 radical (unpaired) electrons. The topological polar surface area (TPSA) is 50.1 Å². The van der Waals surface area contributed by atoms with Crippen LogP contribution >= 0.6 is 11.6 Å². The fourth-order valence-corrected chi connectivity index (χ4v) is 2.37. The van der Waals surface area contributed by atoms with Crippen LogP contribution < -0.4 is 33.9 Å². The van der Waals surface area contributed by atoms with Gasteiger partial charge in [0.1, 0.15) is 0 Å². The molecule has 4 nitrogen and oxygen atoms in total. The molecule has 24 heavy (non-hydrogen) atoms. The summed E-state index contributed by atoms with van der Waals surface area (Å²) in [4.78, 5) is 23.2. The van der Waals surface area contributed by atoms with Crippen molar-refractivity contribution in [2.24, 2.45) is 0 Å². The molecule has 0 saturated heterocycles. The van der Waals surface area contributed by atoms with Gasteiger partial charge in [-0.25, -0.2) is 0 Å². The van der Waals surface area contributed by atoms with Crippen molar-refractivity contribution >= 4 is 28.9 Å². The maximum absolute atomic E-state index is 11.8. The summed E-state index contributed by atoms with van der Waals surface area (Å²) >= 11 is 6.14. The van der Waals surface area contributed by atoms with E-state index in [2.05, 4.69) is 5.32 Å². The number of rotatable bonds is 5. The molecule has 1 N–H and O–H groups in total. The molecular weight excluding hydrogens is 439 g/mol. The maximum atomic E-state index is 11.8. The van der Waals surface area contributed by atoms with Gasteiger partial charge >= 0.3 is 0 Å². The number of benzene rings is 1. The van der Waals surface area contributed by atoms with Crippen molar-refractivity contribution < 1.29 is 38.1 Å². The summed E-state index contributed by atoms with van der Waals surface area (Å²) in [6, 6.07) is 13.1. The monoisotopic (exact) mass is 456 g/mol. The van der Waals surface area contributed by atoms with Gasteiger partial charge in [-0.15, -0.1) is 0 Å². The molecule has 2 aromatic rings. The highest BCUT2D eigenvalue weighted by atomic mass is 127. The Morgan fingerprint density at radius 3 is 2.38 bits per heavy atom. The molecule has 0 saturated carbocycles. The molecule has 0 aliphatic rings. The minimum Gasteiger partial charge on any atom is -1.00 e. The Bertz CT molecular complexity index is 761. The maximum Gasteiger partial charge on any atom is 0.275 e. The fraction of sp³-hybridized carbons (Fsp3) is 0.167. The van der Waals surface area contributed by atoms with Gasteiger partial charge in [0.05, 0.1) is 0 Å². The van der Waals surface area contributed by atoms with Gasteiger partial charge in [0, 0.05) is 37.3 Å². The van der Waals surface area contributed by atoms with Crippen molar-refractivity contribution in [3.05, 3.63) is 71.0 Å². The molecule has 1 aromatic carbocycles. The first-order chi connectivity index (χ1) is 11.0. The zero-order chi connectivity index (χ0) is 16.8. The normalized spacial score (nSPS) is 10.7. The van der Waals surface area contributed by atoms with E-state index in [-0.39, 0.29) is 42.2 Å². The molecule has 2 rings (SSSR count). The molecule has 1 aromatic heterocycles. The van der Waals surface area contributed by atoms with E-state index >= 15 is 0 Å². The lowest BCUT2D eigenvalue weighted by atomic mass is 9.98. The number of nitrogens with zero attached hydrogens (tertiary/aromatic N) is 1. The van der Waals surface area contributed by atoms with E-state index in [9.17, 15) is 9.59 Å². The minimum absolute atomic E-state index is 0. The molecule has 0 unspecified atom stereocenters. The van der Waals surface area contributed by atoms with E-state index in [1.54, 1.807) is 23.9 Å². The Morgan fingerprint density at radius 1 is 1.12 bits per heavy atom. The molecule has 0 aliphatic heterocycles. The second kappa shape index (κ2) is 9.54. The quantitative estimate of drug-likeness (QED) is 0.283. The summed E-state index contributed by atoms with van der Waals surface area (Å²) < 4.78 is 1.67. The van der Waals surface area contributed by atoms with Crippen LogP contribution in [0.5, 0.6) is 0 Å². The van der Waals surface area contributed by atoms with Crippen LogP contribution in [-0.2, 0) is 16.1 Å². The third kappa shape index (κ3) is 5.42. The molecule has 0 aliphatic carbocycles. The zero-order valence-electron chi connectivity index (χ0n) is 13.4. The molecule has 6 heteroatoms. The first-order valence-electron chi connectivity index (χ1n) is 7.19. The van der Waals surface area contributed by atoms with Crippen LogP contribution in [0, 0.1) is 0 Å². The number of nitrogens with one attached hydrogen (secondary N) is 1. The summed E-state index contributed by atoms with van der Waals surface area (Å²) in [6.45, 7) is 1.70. The molecule has 1 heterocycles. The first-order valence-corrected chi connectivity index (χ1v) is 7.56. The van der Waals surface area contributed by atoms with Gasteiger partial charge < -0.3 is 29.3 Å². The number of hydrogen-bond donors (Lipinski definition) is 1. The average molecular weight is 457 g/mol. The molecular formula is C18H18ClIN2O2. The standard InChI is InChI=1S/C18H17ClN2O2.HI/c1-13(22)11-21-12-15(8-9-17(21)19)16(10-18(23)20-2)14-6-4-3-5-7-14;/h3-10,12H,11H2,1-2H3;1H/b16-10-;.